The molecule has 104 valence electrons. The molecule has 6 nitrogen and oxygen atoms in total. The highest BCUT2D eigenvalue weighted by Gasteiger charge is 2.38. The van der Waals surface area contributed by atoms with Gasteiger partial charge in [-0.05, 0) is 34.6 Å². The van der Waals surface area contributed by atoms with Crippen molar-refractivity contribution in [3.8, 4) is 0 Å². The molecule has 0 atom stereocenters. The Morgan fingerprint density at radius 3 is 2.17 bits per heavy atom. The summed E-state index contributed by atoms with van der Waals surface area (Å²) in [5.41, 5.74) is -0.0685. The summed E-state index contributed by atoms with van der Waals surface area (Å²) in [5, 5.41) is 10.9. The van der Waals surface area contributed by atoms with Gasteiger partial charge in [-0.15, -0.1) is 10.2 Å². The third-order valence-electron chi connectivity index (χ3n) is 2.68. The molecular formula is C11H21N3O3S. The molecule has 0 aliphatic carbocycles. The molecule has 0 saturated heterocycles. The van der Waals surface area contributed by atoms with Gasteiger partial charge in [0.25, 0.3) is 0 Å². The average Bonchev–Trinajstić information content (AvgIpc) is 2.60. The lowest BCUT2D eigenvalue weighted by Gasteiger charge is -2.19. The smallest absolute Gasteiger partial charge is 0.237 e. The van der Waals surface area contributed by atoms with Gasteiger partial charge in [-0.1, -0.05) is 0 Å². The van der Waals surface area contributed by atoms with Crippen LogP contribution in [0.15, 0.2) is 4.42 Å². The van der Waals surface area contributed by atoms with E-state index in [4.69, 9.17) is 4.42 Å². The molecule has 1 heterocycles. The molecule has 0 aliphatic heterocycles. The maximum Gasteiger partial charge on any atom is 0.237 e. The van der Waals surface area contributed by atoms with Crippen LogP contribution in [0.1, 0.15) is 46.4 Å². The van der Waals surface area contributed by atoms with Crippen molar-refractivity contribution in [3.63, 3.8) is 0 Å². The fourth-order valence-electron chi connectivity index (χ4n) is 1.07. The molecule has 1 aromatic heterocycles. The summed E-state index contributed by atoms with van der Waals surface area (Å²) in [7, 11) is -3.30. The maximum atomic E-state index is 11.6. The molecule has 0 spiro atoms. The van der Waals surface area contributed by atoms with Crippen LogP contribution in [0.3, 0.4) is 0 Å². The topological polar surface area (TPSA) is 85.1 Å². The molecular weight excluding hydrogens is 254 g/mol. The highest BCUT2D eigenvalue weighted by atomic mass is 32.2. The van der Waals surface area contributed by atoms with Crippen molar-refractivity contribution >= 4 is 9.84 Å². The van der Waals surface area contributed by atoms with Gasteiger partial charge in [-0.25, -0.2) is 8.42 Å². The second-order valence-corrected chi connectivity index (χ2v) is 8.45. The third-order valence-corrected chi connectivity index (χ3v) is 4.71. The van der Waals surface area contributed by atoms with Crippen LogP contribution in [0.2, 0.25) is 0 Å². The van der Waals surface area contributed by atoms with Crippen LogP contribution in [0.25, 0.3) is 0 Å². The fraction of sp³-hybridized carbons (Fsp3) is 0.818. The van der Waals surface area contributed by atoms with Crippen LogP contribution in [-0.2, 0) is 21.1 Å². The van der Waals surface area contributed by atoms with Crippen molar-refractivity contribution in [1.82, 2.24) is 15.5 Å². The van der Waals surface area contributed by atoms with Gasteiger partial charge in [-0.3, -0.25) is 0 Å². The Labute approximate surface area is 108 Å². The summed E-state index contributed by atoms with van der Waals surface area (Å²) >= 11 is 0. The zero-order chi connectivity index (χ0) is 14.2. The summed E-state index contributed by atoms with van der Waals surface area (Å²) in [5.74, 6) is 0.507. The second-order valence-electron chi connectivity index (χ2n) is 5.89. The second kappa shape index (κ2) is 4.62. The van der Waals surface area contributed by atoms with Crippen molar-refractivity contribution in [1.29, 1.82) is 0 Å². The van der Waals surface area contributed by atoms with Crippen molar-refractivity contribution in [2.24, 2.45) is 0 Å². The van der Waals surface area contributed by atoms with E-state index in [2.05, 4.69) is 15.5 Å². The number of sulfone groups is 1. The quantitative estimate of drug-likeness (QED) is 0.889. The van der Waals surface area contributed by atoms with Gasteiger partial charge in [0, 0.05) is 11.8 Å². The van der Waals surface area contributed by atoms with E-state index >= 15 is 0 Å². The largest absolute Gasteiger partial charge is 0.422 e. The van der Waals surface area contributed by atoms with Gasteiger partial charge in [0.15, 0.2) is 9.84 Å². The van der Waals surface area contributed by atoms with Gasteiger partial charge < -0.3 is 9.73 Å². The van der Waals surface area contributed by atoms with E-state index in [1.54, 1.807) is 13.8 Å². The third kappa shape index (κ3) is 3.52. The van der Waals surface area contributed by atoms with Crippen LogP contribution in [0.5, 0.6) is 0 Å². The Balaban J connectivity index is 2.88. The molecule has 7 heteroatoms. The molecule has 18 heavy (non-hydrogen) atoms. The minimum absolute atomic E-state index is 0.0685. The number of nitrogens with zero attached hydrogens (tertiary/aromatic N) is 2. The molecule has 0 saturated carbocycles. The average molecular weight is 275 g/mol. The molecule has 0 amide bonds. The van der Waals surface area contributed by atoms with Gasteiger partial charge >= 0.3 is 0 Å². The molecule has 0 aromatic carbocycles. The van der Waals surface area contributed by atoms with Crippen LogP contribution < -0.4 is 5.32 Å². The minimum Gasteiger partial charge on any atom is -0.422 e. The predicted octanol–water partition coefficient (Wildman–Crippen LogP) is 1.24. The number of nitrogens with one attached hydrogen (secondary N) is 1. The standard InChI is InChI=1S/C11H21N3O3S/c1-10(2,3)12-7-8-13-14-9(17-8)11(4,5)18(6,15)16/h12H,7H2,1-6H3. The first kappa shape index (κ1) is 15.1. The van der Waals surface area contributed by atoms with E-state index in [1.807, 2.05) is 20.8 Å². The normalized spacial score (nSPS) is 13.9. The molecule has 0 radical (unpaired) electrons. The van der Waals surface area contributed by atoms with Crippen molar-refractivity contribution in [2.75, 3.05) is 6.26 Å². The Morgan fingerprint density at radius 1 is 1.17 bits per heavy atom. The SMILES string of the molecule is CC(C)(C)NCc1nnc(C(C)(C)S(C)(=O)=O)o1. The summed E-state index contributed by atoms with van der Waals surface area (Å²) < 4.78 is 27.5. The summed E-state index contributed by atoms with van der Waals surface area (Å²) in [6.45, 7) is 9.57. The zero-order valence-electron chi connectivity index (χ0n) is 11.7. The number of rotatable bonds is 4. The van der Waals surface area contributed by atoms with Gasteiger partial charge in [0.1, 0.15) is 4.75 Å². The Hall–Kier alpha value is -0.950. The van der Waals surface area contributed by atoms with E-state index in [0.29, 0.717) is 12.4 Å². The van der Waals surface area contributed by atoms with Crippen LogP contribution in [0.4, 0.5) is 0 Å². The fourth-order valence-corrected chi connectivity index (χ4v) is 1.47. The molecule has 1 aromatic rings. The molecule has 1 N–H and O–H groups in total. The van der Waals surface area contributed by atoms with Crippen molar-refractivity contribution in [3.05, 3.63) is 11.8 Å². The molecule has 1 rings (SSSR count). The lowest BCUT2D eigenvalue weighted by atomic mass is 10.1. The van der Waals surface area contributed by atoms with E-state index < -0.39 is 14.6 Å². The summed E-state index contributed by atoms with van der Waals surface area (Å²) in [4.78, 5) is 0. The summed E-state index contributed by atoms with van der Waals surface area (Å²) in [6, 6.07) is 0. The Kier molecular flexibility index (Phi) is 3.88. The Bertz CT molecular complexity index is 512. The Morgan fingerprint density at radius 2 is 1.72 bits per heavy atom. The van der Waals surface area contributed by atoms with E-state index in [1.165, 1.54) is 0 Å². The van der Waals surface area contributed by atoms with Gasteiger partial charge in [0.05, 0.1) is 6.54 Å². The molecule has 0 bridgehead atoms. The first-order chi connectivity index (χ1) is 7.93. The van der Waals surface area contributed by atoms with E-state index in [-0.39, 0.29) is 11.4 Å². The lowest BCUT2D eigenvalue weighted by molar-refractivity contribution is 0.358. The monoisotopic (exact) mass is 275 g/mol. The predicted molar refractivity (Wildman–Crippen MR) is 68.8 cm³/mol. The van der Waals surface area contributed by atoms with Crippen LogP contribution in [0, 0.1) is 0 Å². The zero-order valence-corrected chi connectivity index (χ0v) is 12.6. The summed E-state index contributed by atoms with van der Waals surface area (Å²) in [6.07, 6.45) is 1.16. The molecule has 0 fully saturated rings. The van der Waals surface area contributed by atoms with Crippen molar-refractivity contribution < 1.29 is 12.8 Å². The number of hydrogen-bond acceptors (Lipinski definition) is 6. The van der Waals surface area contributed by atoms with E-state index in [9.17, 15) is 8.42 Å². The van der Waals surface area contributed by atoms with Gasteiger partial charge in [-0.2, -0.15) is 0 Å². The maximum absolute atomic E-state index is 11.6. The highest BCUT2D eigenvalue weighted by Crippen LogP contribution is 2.27. The van der Waals surface area contributed by atoms with Crippen LogP contribution in [-0.4, -0.2) is 30.4 Å². The lowest BCUT2D eigenvalue weighted by Crippen LogP contribution is -2.35. The van der Waals surface area contributed by atoms with Gasteiger partial charge in [0.2, 0.25) is 11.8 Å². The minimum atomic E-state index is -3.30. The van der Waals surface area contributed by atoms with Crippen molar-refractivity contribution in [2.45, 2.75) is 51.4 Å². The molecule has 0 unspecified atom stereocenters. The van der Waals surface area contributed by atoms with Crippen LogP contribution >= 0.6 is 0 Å². The highest BCUT2D eigenvalue weighted by molar-refractivity contribution is 7.91. The number of aromatic nitrogens is 2. The van der Waals surface area contributed by atoms with E-state index in [0.717, 1.165) is 6.26 Å². The number of hydrogen-bond donors (Lipinski definition) is 1. The first-order valence-corrected chi connectivity index (χ1v) is 7.60. The first-order valence-electron chi connectivity index (χ1n) is 5.71. The molecule has 0 aliphatic rings.